The molecule has 0 aromatic rings. The van der Waals surface area contributed by atoms with E-state index in [1.165, 1.54) is 14.2 Å². The van der Waals surface area contributed by atoms with E-state index in [1.54, 1.807) is 0 Å². The molecule has 0 aromatic heterocycles. The van der Waals surface area contributed by atoms with Gasteiger partial charge >= 0.3 is 8.80 Å². The van der Waals surface area contributed by atoms with Crippen molar-refractivity contribution in [3.05, 3.63) is 0 Å². The lowest BCUT2D eigenvalue weighted by Crippen LogP contribution is -2.40. The second kappa shape index (κ2) is 5.03. The molecular formula is C5H14O6SSi. The van der Waals surface area contributed by atoms with Gasteiger partial charge in [-0.15, -0.1) is 0 Å². The molecule has 0 radical (unpaired) electrons. The van der Waals surface area contributed by atoms with Crippen LogP contribution < -0.4 is 0 Å². The molecule has 0 rings (SSSR count). The largest absolute Gasteiger partial charge is 0.497 e. The van der Waals surface area contributed by atoms with E-state index in [0.29, 0.717) is 0 Å². The quantitative estimate of drug-likeness (QED) is 0.471. The molecule has 80 valence electrons. The summed E-state index contributed by atoms with van der Waals surface area (Å²) in [4.78, 5) is 9.44. The van der Waals surface area contributed by atoms with Gasteiger partial charge in [0.15, 0.2) is 0 Å². The van der Waals surface area contributed by atoms with Gasteiger partial charge in [-0.05, 0) is 6.42 Å². The number of rotatable bonds is 6. The van der Waals surface area contributed by atoms with Gasteiger partial charge in [-0.1, -0.05) is 0 Å². The normalized spacial score (nSPS) is 13.2. The van der Waals surface area contributed by atoms with Gasteiger partial charge in [0.25, 0.3) is 10.1 Å². The van der Waals surface area contributed by atoms with E-state index < -0.39 is 24.7 Å². The van der Waals surface area contributed by atoms with Crippen LogP contribution in [0.5, 0.6) is 0 Å². The van der Waals surface area contributed by atoms with Gasteiger partial charge in [0.05, 0.1) is 5.75 Å². The second-order valence-corrected chi connectivity index (χ2v) is 6.82. The van der Waals surface area contributed by atoms with Crippen molar-refractivity contribution in [2.75, 3.05) is 20.0 Å². The van der Waals surface area contributed by atoms with Crippen molar-refractivity contribution in [1.82, 2.24) is 0 Å². The predicted molar refractivity (Wildman–Crippen MR) is 47.8 cm³/mol. The molecule has 2 N–H and O–H groups in total. The fraction of sp³-hybridized carbons (Fsp3) is 1.00. The summed E-state index contributed by atoms with van der Waals surface area (Å²) >= 11 is 0. The minimum atomic E-state index is -3.96. The van der Waals surface area contributed by atoms with Crippen LogP contribution in [0.15, 0.2) is 0 Å². The fourth-order valence-electron chi connectivity index (χ4n) is 0.765. The molecule has 0 aliphatic heterocycles. The van der Waals surface area contributed by atoms with Crippen LogP contribution in [0.3, 0.4) is 0 Å². The predicted octanol–water partition coefficient (Wildman–Crippen LogP) is -0.512. The highest BCUT2D eigenvalue weighted by molar-refractivity contribution is 7.85. The first kappa shape index (κ1) is 13.0. The van der Waals surface area contributed by atoms with Crippen LogP contribution in [0.1, 0.15) is 6.42 Å². The Bertz CT molecular complexity index is 233. The van der Waals surface area contributed by atoms with E-state index in [2.05, 4.69) is 0 Å². The van der Waals surface area contributed by atoms with E-state index in [1.807, 2.05) is 0 Å². The van der Waals surface area contributed by atoms with E-state index in [-0.39, 0.29) is 12.5 Å². The molecule has 0 atom stereocenters. The maximum absolute atomic E-state index is 10.3. The lowest BCUT2D eigenvalue weighted by atomic mass is 10.6. The first-order chi connectivity index (χ1) is 5.83. The number of hydrogen-bond donors (Lipinski definition) is 2. The van der Waals surface area contributed by atoms with Gasteiger partial charge in [0.1, 0.15) is 0 Å². The first-order valence-electron chi connectivity index (χ1n) is 3.61. The summed E-state index contributed by atoms with van der Waals surface area (Å²) in [5, 5.41) is 0. The Hall–Kier alpha value is 0.00688. The molecule has 0 aliphatic rings. The summed E-state index contributed by atoms with van der Waals surface area (Å²) in [6, 6.07) is 0.111. The van der Waals surface area contributed by atoms with Gasteiger partial charge in [-0.25, -0.2) is 0 Å². The minimum absolute atomic E-state index is 0.111. The van der Waals surface area contributed by atoms with Crippen LogP contribution in [0.4, 0.5) is 0 Å². The standard InChI is InChI=1S/C5H14O6SSi/c1-10-13(9,11-2)5-3-4-12(6,7)8/h9H,3-5H2,1-2H3,(H,6,7,8). The molecular weight excluding hydrogens is 216 g/mol. The Morgan fingerprint density at radius 1 is 1.31 bits per heavy atom. The Kier molecular flexibility index (Phi) is 5.03. The highest BCUT2D eigenvalue weighted by Crippen LogP contribution is 2.10. The molecule has 13 heavy (non-hydrogen) atoms. The maximum Gasteiger partial charge on any atom is 0.497 e. The first-order valence-corrected chi connectivity index (χ1v) is 7.19. The SMILES string of the molecule is CO[Si](O)(CCCS(=O)(=O)O)OC. The van der Waals surface area contributed by atoms with Crippen molar-refractivity contribution in [2.45, 2.75) is 12.5 Å². The van der Waals surface area contributed by atoms with Crippen molar-refractivity contribution in [3.8, 4) is 0 Å². The van der Waals surface area contributed by atoms with Crippen molar-refractivity contribution in [2.24, 2.45) is 0 Å². The smallest absolute Gasteiger partial charge is 0.390 e. The van der Waals surface area contributed by atoms with Crippen LogP contribution in [-0.2, 0) is 19.0 Å². The zero-order chi connectivity index (χ0) is 10.5. The maximum atomic E-state index is 10.3. The summed E-state index contributed by atoms with van der Waals surface area (Å²) in [6.45, 7) is 0. The summed E-state index contributed by atoms with van der Waals surface area (Å²) in [7, 11) is -4.55. The van der Waals surface area contributed by atoms with Crippen LogP contribution >= 0.6 is 0 Å². The molecule has 0 heterocycles. The van der Waals surface area contributed by atoms with E-state index in [9.17, 15) is 13.2 Å². The van der Waals surface area contributed by atoms with E-state index in [0.717, 1.165) is 0 Å². The summed E-state index contributed by atoms with van der Waals surface area (Å²) in [5.41, 5.74) is 0. The summed E-state index contributed by atoms with van der Waals surface area (Å²) < 4.78 is 38.4. The molecule has 0 saturated heterocycles. The lowest BCUT2D eigenvalue weighted by molar-refractivity contribution is 0.151. The third-order valence-electron chi connectivity index (χ3n) is 1.53. The molecule has 0 bridgehead atoms. The Morgan fingerprint density at radius 2 is 1.77 bits per heavy atom. The molecule has 0 spiro atoms. The van der Waals surface area contributed by atoms with Crippen LogP contribution in [-0.4, -0.2) is 46.5 Å². The van der Waals surface area contributed by atoms with Crippen LogP contribution in [0.25, 0.3) is 0 Å². The highest BCUT2D eigenvalue weighted by Gasteiger charge is 2.33. The second-order valence-electron chi connectivity index (χ2n) is 2.51. The Morgan fingerprint density at radius 3 is 2.08 bits per heavy atom. The third kappa shape index (κ3) is 6.13. The monoisotopic (exact) mass is 230 g/mol. The molecule has 0 saturated carbocycles. The summed E-state index contributed by atoms with van der Waals surface area (Å²) in [6.07, 6.45) is 0.114. The molecule has 8 heteroatoms. The summed E-state index contributed by atoms with van der Waals surface area (Å²) in [5.74, 6) is -0.394. The zero-order valence-electron chi connectivity index (χ0n) is 7.56. The molecule has 0 amide bonds. The van der Waals surface area contributed by atoms with E-state index >= 15 is 0 Å². The van der Waals surface area contributed by atoms with Gasteiger partial charge in [-0.2, -0.15) is 8.42 Å². The van der Waals surface area contributed by atoms with Crippen molar-refractivity contribution in [3.63, 3.8) is 0 Å². The average molecular weight is 230 g/mol. The third-order valence-corrected chi connectivity index (χ3v) is 4.60. The molecule has 6 nitrogen and oxygen atoms in total. The highest BCUT2D eigenvalue weighted by atomic mass is 32.2. The van der Waals surface area contributed by atoms with Crippen molar-refractivity contribution >= 4 is 18.9 Å². The van der Waals surface area contributed by atoms with E-state index in [4.69, 9.17) is 13.4 Å². The molecule has 0 aliphatic carbocycles. The molecule has 0 fully saturated rings. The van der Waals surface area contributed by atoms with Crippen LogP contribution in [0.2, 0.25) is 6.04 Å². The van der Waals surface area contributed by atoms with Gasteiger partial charge in [0.2, 0.25) is 0 Å². The Balaban J connectivity index is 3.88. The Labute approximate surface area is 78.6 Å². The fourth-order valence-corrected chi connectivity index (χ4v) is 2.73. The topological polar surface area (TPSA) is 93.1 Å². The lowest BCUT2D eigenvalue weighted by Gasteiger charge is -2.18. The van der Waals surface area contributed by atoms with Gasteiger partial charge < -0.3 is 13.6 Å². The van der Waals surface area contributed by atoms with Gasteiger partial charge in [-0.3, -0.25) is 4.55 Å². The van der Waals surface area contributed by atoms with Crippen LogP contribution in [0, 0.1) is 0 Å². The minimum Gasteiger partial charge on any atom is -0.390 e. The molecule has 0 aromatic carbocycles. The van der Waals surface area contributed by atoms with Crippen molar-refractivity contribution in [1.29, 1.82) is 0 Å². The van der Waals surface area contributed by atoms with Crippen molar-refractivity contribution < 1.29 is 26.6 Å². The molecule has 0 unspecified atom stereocenters. The zero-order valence-corrected chi connectivity index (χ0v) is 9.37. The van der Waals surface area contributed by atoms with Gasteiger partial charge in [0, 0.05) is 20.3 Å². The average Bonchev–Trinajstić information content (AvgIpc) is 2.02. The number of hydrogen-bond acceptors (Lipinski definition) is 5.